The Hall–Kier alpha value is -2.67. The molecule has 0 spiro atoms. The molecule has 3 aromatic rings. The van der Waals surface area contributed by atoms with Crippen LogP contribution in [0.15, 0.2) is 35.7 Å². The number of rotatable bonds is 5. The fourth-order valence-electron chi connectivity index (χ4n) is 2.15. The summed E-state index contributed by atoms with van der Waals surface area (Å²) < 4.78 is 12.2. The van der Waals surface area contributed by atoms with Crippen molar-refractivity contribution in [3.05, 3.63) is 41.4 Å². The molecule has 0 N–H and O–H groups in total. The molecule has 0 saturated carbocycles. The van der Waals surface area contributed by atoms with Gasteiger partial charge in [0.2, 0.25) is 0 Å². The van der Waals surface area contributed by atoms with Crippen LogP contribution in [-0.2, 0) is 0 Å². The van der Waals surface area contributed by atoms with Crippen LogP contribution < -0.4 is 9.47 Å². The summed E-state index contributed by atoms with van der Waals surface area (Å²) in [6.45, 7) is 0. The van der Waals surface area contributed by atoms with Gasteiger partial charge in [-0.3, -0.25) is 4.79 Å². The number of carbonyl (C=O) groups is 1. The fourth-order valence-corrected chi connectivity index (χ4v) is 2.91. The average molecular weight is 315 g/mol. The number of hydrogen-bond acceptors (Lipinski definition) is 6. The molecule has 0 amide bonds. The van der Waals surface area contributed by atoms with Crippen LogP contribution >= 0.6 is 11.3 Å². The Balaban J connectivity index is 2.25. The van der Waals surface area contributed by atoms with Gasteiger partial charge in [-0.05, 0) is 23.6 Å². The van der Waals surface area contributed by atoms with Crippen LogP contribution in [-0.4, -0.2) is 35.5 Å². The predicted molar refractivity (Wildman–Crippen MR) is 83.2 cm³/mol. The van der Waals surface area contributed by atoms with Gasteiger partial charge in [0.15, 0.2) is 12.0 Å². The van der Waals surface area contributed by atoms with Crippen LogP contribution in [0.1, 0.15) is 10.5 Å². The number of hydrogen-bond donors (Lipinski definition) is 0. The summed E-state index contributed by atoms with van der Waals surface area (Å²) in [6, 6.07) is 9.20. The van der Waals surface area contributed by atoms with E-state index in [4.69, 9.17) is 9.47 Å². The van der Waals surface area contributed by atoms with E-state index in [1.54, 1.807) is 37.1 Å². The highest BCUT2D eigenvalue weighted by molar-refractivity contribution is 7.13. The fraction of sp³-hybridized carbons (Fsp3) is 0.133. The minimum absolute atomic E-state index is 0.285. The minimum Gasteiger partial charge on any atom is -0.497 e. The highest BCUT2D eigenvalue weighted by Crippen LogP contribution is 2.33. The zero-order valence-electron chi connectivity index (χ0n) is 12.0. The first kappa shape index (κ1) is 14.3. The van der Waals surface area contributed by atoms with E-state index in [1.807, 2.05) is 17.5 Å². The highest BCUT2D eigenvalue weighted by Gasteiger charge is 2.19. The van der Waals surface area contributed by atoms with Crippen molar-refractivity contribution in [3.63, 3.8) is 0 Å². The molecule has 3 rings (SSSR count). The molecular formula is C15H13N3O3S. The number of aromatic nitrogens is 3. The molecule has 0 saturated heterocycles. The topological polar surface area (TPSA) is 66.2 Å². The highest BCUT2D eigenvalue weighted by atomic mass is 32.1. The van der Waals surface area contributed by atoms with Crippen LogP contribution in [0.25, 0.3) is 16.3 Å². The van der Waals surface area contributed by atoms with Crippen LogP contribution in [0.5, 0.6) is 11.5 Å². The van der Waals surface area contributed by atoms with Crippen molar-refractivity contribution in [1.29, 1.82) is 0 Å². The van der Waals surface area contributed by atoms with Crippen molar-refractivity contribution in [3.8, 4) is 27.8 Å². The first-order valence-corrected chi connectivity index (χ1v) is 7.33. The molecule has 0 atom stereocenters. The van der Waals surface area contributed by atoms with Crippen LogP contribution in [0.2, 0.25) is 0 Å². The number of ether oxygens (including phenoxy) is 2. The van der Waals surface area contributed by atoms with E-state index in [0.29, 0.717) is 29.2 Å². The zero-order valence-corrected chi connectivity index (χ0v) is 12.8. The van der Waals surface area contributed by atoms with Crippen molar-refractivity contribution < 1.29 is 14.3 Å². The third-order valence-corrected chi connectivity index (χ3v) is 4.05. The lowest BCUT2D eigenvalue weighted by Crippen LogP contribution is -2.02. The summed E-state index contributed by atoms with van der Waals surface area (Å²) >= 11 is 1.51. The number of carbonyl (C=O) groups excluding carboxylic acids is 1. The van der Waals surface area contributed by atoms with Gasteiger partial charge in [0, 0.05) is 6.07 Å². The lowest BCUT2D eigenvalue weighted by Gasteiger charge is -2.12. The molecule has 2 heterocycles. The predicted octanol–water partition coefficient (Wildman–Crippen LogP) is 2.83. The summed E-state index contributed by atoms with van der Waals surface area (Å²) in [5, 5.41) is 9.99. The quantitative estimate of drug-likeness (QED) is 0.677. The third kappa shape index (κ3) is 2.35. The second-order valence-corrected chi connectivity index (χ2v) is 5.32. The van der Waals surface area contributed by atoms with Crippen molar-refractivity contribution in [2.45, 2.75) is 0 Å². The maximum absolute atomic E-state index is 11.3. The second kappa shape index (κ2) is 5.98. The average Bonchev–Trinajstić information content (AvgIpc) is 3.22. The molecule has 0 aliphatic rings. The number of benzene rings is 1. The van der Waals surface area contributed by atoms with E-state index in [2.05, 4.69) is 10.3 Å². The molecule has 1 aromatic carbocycles. The molecule has 112 valence electrons. The molecule has 6 nitrogen and oxygen atoms in total. The smallest absolute Gasteiger partial charge is 0.172 e. The lowest BCUT2D eigenvalue weighted by molar-refractivity contribution is 0.111. The summed E-state index contributed by atoms with van der Waals surface area (Å²) in [5.41, 5.74) is 1.58. The number of thiophene rings is 1. The first-order valence-electron chi connectivity index (χ1n) is 6.45. The van der Waals surface area contributed by atoms with E-state index >= 15 is 0 Å². The molecule has 0 fully saturated rings. The van der Waals surface area contributed by atoms with Gasteiger partial charge >= 0.3 is 0 Å². The van der Waals surface area contributed by atoms with Crippen molar-refractivity contribution >= 4 is 17.6 Å². The van der Waals surface area contributed by atoms with E-state index in [9.17, 15) is 4.79 Å². The Morgan fingerprint density at radius 3 is 2.73 bits per heavy atom. The van der Waals surface area contributed by atoms with Crippen LogP contribution in [0.4, 0.5) is 0 Å². The van der Waals surface area contributed by atoms with Crippen molar-refractivity contribution in [1.82, 2.24) is 15.0 Å². The lowest BCUT2D eigenvalue weighted by atomic mass is 10.2. The minimum atomic E-state index is 0.285. The number of nitrogens with zero attached hydrogens (tertiary/aromatic N) is 3. The van der Waals surface area contributed by atoms with Gasteiger partial charge < -0.3 is 9.47 Å². The van der Waals surface area contributed by atoms with Crippen molar-refractivity contribution in [2.24, 2.45) is 0 Å². The second-order valence-electron chi connectivity index (χ2n) is 4.37. The zero-order chi connectivity index (χ0) is 15.5. The largest absolute Gasteiger partial charge is 0.497 e. The van der Waals surface area contributed by atoms with Crippen molar-refractivity contribution in [2.75, 3.05) is 14.2 Å². The van der Waals surface area contributed by atoms with E-state index < -0.39 is 0 Å². The van der Waals surface area contributed by atoms with Crippen LogP contribution in [0.3, 0.4) is 0 Å². The van der Waals surface area contributed by atoms with E-state index in [0.717, 1.165) is 4.88 Å². The SMILES string of the molecule is COc1ccc(OC)c(-n2nnc(C=O)c2-c2cccs2)c1. The summed E-state index contributed by atoms with van der Waals surface area (Å²) in [4.78, 5) is 12.2. The number of methoxy groups -OCH3 is 2. The van der Waals surface area contributed by atoms with Gasteiger partial charge in [0.25, 0.3) is 0 Å². The molecule has 2 aromatic heterocycles. The summed E-state index contributed by atoms with van der Waals surface area (Å²) in [5.74, 6) is 1.28. The van der Waals surface area contributed by atoms with Gasteiger partial charge in [-0.25, -0.2) is 4.68 Å². The molecule has 0 radical (unpaired) electrons. The Kier molecular flexibility index (Phi) is 3.88. The maximum Gasteiger partial charge on any atom is 0.172 e. The van der Waals surface area contributed by atoms with E-state index in [1.165, 1.54) is 11.3 Å². The molecule has 0 bridgehead atoms. The van der Waals surface area contributed by atoms with E-state index in [-0.39, 0.29) is 5.69 Å². The molecule has 0 aliphatic carbocycles. The summed E-state index contributed by atoms with van der Waals surface area (Å²) in [7, 11) is 3.16. The van der Waals surface area contributed by atoms with Gasteiger partial charge in [-0.15, -0.1) is 16.4 Å². The summed E-state index contributed by atoms with van der Waals surface area (Å²) in [6.07, 6.45) is 0.700. The van der Waals surface area contributed by atoms with Gasteiger partial charge in [0.1, 0.15) is 22.9 Å². The Morgan fingerprint density at radius 1 is 1.23 bits per heavy atom. The van der Waals surface area contributed by atoms with Gasteiger partial charge in [-0.1, -0.05) is 11.3 Å². The molecule has 7 heteroatoms. The Bertz CT molecular complexity index is 796. The Labute approximate surface area is 130 Å². The van der Waals surface area contributed by atoms with Crippen LogP contribution in [0, 0.1) is 0 Å². The monoisotopic (exact) mass is 315 g/mol. The molecule has 22 heavy (non-hydrogen) atoms. The Morgan fingerprint density at radius 2 is 2.09 bits per heavy atom. The molecule has 0 unspecified atom stereocenters. The normalized spacial score (nSPS) is 10.5. The van der Waals surface area contributed by atoms with Gasteiger partial charge in [-0.2, -0.15) is 0 Å². The standard InChI is InChI=1S/C15H13N3O3S/c1-20-10-5-6-13(21-2)12(8-10)18-15(11(9-19)16-17-18)14-4-3-7-22-14/h3-9H,1-2H3. The van der Waals surface area contributed by atoms with Gasteiger partial charge in [0.05, 0.1) is 19.1 Å². The first-order chi connectivity index (χ1) is 10.8. The number of aldehydes is 1. The maximum atomic E-state index is 11.3. The molecule has 0 aliphatic heterocycles. The molecular weight excluding hydrogens is 302 g/mol. The third-order valence-electron chi connectivity index (χ3n) is 3.18.